The van der Waals surface area contributed by atoms with Gasteiger partial charge in [-0.1, -0.05) is 0 Å². The number of esters is 1. The summed E-state index contributed by atoms with van der Waals surface area (Å²) in [5.41, 5.74) is 1.32. The van der Waals surface area contributed by atoms with Crippen molar-refractivity contribution >= 4 is 5.97 Å². The molecule has 5 heteroatoms. The van der Waals surface area contributed by atoms with Gasteiger partial charge in [0.1, 0.15) is 0 Å². The highest BCUT2D eigenvalue weighted by Gasteiger charge is 2.05. The van der Waals surface area contributed by atoms with Crippen molar-refractivity contribution in [2.75, 3.05) is 7.11 Å². The molecule has 0 aliphatic rings. The Morgan fingerprint density at radius 2 is 2.38 bits per heavy atom. The zero-order valence-electron chi connectivity index (χ0n) is 8.83. The largest absolute Gasteiger partial charge is 0.465 e. The Balaban J connectivity index is 2.10. The van der Waals surface area contributed by atoms with Crippen molar-refractivity contribution in [1.29, 1.82) is 0 Å². The summed E-state index contributed by atoms with van der Waals surface area (Å²) in [5.74, 6) is -0.373. The number of nitrogens with zero attached hydrogens (tertiary/aromatic N) is 3. The molecule has 5 nitrogen and oxygen atoms in total. The van der Waals surface area contributed by atoms with Crippen LogP contribution in [-0.4, -0.2) is 27.6 Å². The molecule has 82 valence electrons. The number of rotatable bonds is 3. The molecule has 0 atom stereocenters. The SMILES string of the molecule is COC(=O)c1ccc(Cn2ccnc2)nc1. The molecular formula is C11H11N3O2. The van der Waals surface area contributed by atoms with Gasteiger partial charge in [-0.2, -0.15) is 0 Å². The Morgan fingerprint density at radius 3 is 2.94 bits per heavy atom. The number of hydrogen-bond acceptors (Lipinski definition) is 4. The van der Waals surface area contributed by atoms with Crippen molar-refractivity contribution in [3.05, 3.63) is 48.3 Å². The first-order valence-corrected chi connectivity index (χ1v) is 4.78. The molecule has 2 rings (SSSR count). The molecule has 0 aromatic carbocycles. The van der Waals surface area contributed by atoms with Crippen LogP contribution >= 0.6 is 0 Å². The van der Waals surface area contributed by atoms with E-state index < -0.39 is 0 Å². The van der Waals surface area contributed by atoms with Crippen molar-refractivity contribution in [3.8, 4) is 0 Å². The lowest BCUT2D eigenvalue weighted by Gasteiger charge is -2.02. The fourth-order valence-corrected chi connectivity index (χ4v) is 1.32. The normalized spacial score (nSPS) is 10.1. The zero-order chi connectivity index (χ0) is 11.4. The van der Waals surface area contributed by atoms with Crippen LogP contribution < -0.4 is 0 Å². The molecule has 0 fully saturated rings. The van der Waals surface area contributed by atoms with E-state index in [2.05, 4.69) is 14.7 Å². The lowest BCUT2D eigenvalue weighted by atomic mass is 10.2. The molecule has 0 spiro atoms. The maximum Gasteiger partial charge on any atom is 0.339 e. The molecule has 2 aromatic rings. The van der Waals surface area contributed by atoms with E-state index in [9.17, 15) is 4.79 Å². The topological polar surface area (TPSA) is 57.0 Å². The van der Waals surface area contributed by atoms with Crippen LogP contribution in [0.2, 0.25) is 0 Å². The van der Waals surface area contributed by atoms with E-state index in [1.165, 1.54) is 13.3 Å². The maximum atomic E-state index is 11.2. The summed E-state index contributed by atoms with van der Waals surface area (Å²) in [6.45, 7) is 0.640. The fourth-order valence-electron chi connectivity index (χ4n) is 1.32. The van der Waals surface area contributed by atoms with Gasteiger partial charge in [-0.25, -0.2) is 9.78 Å². The summed E-state index contributed by atoms with van der Waals surface area (Å²) in [7, 11) is 1.35. The molecule has 0 bridgehead atoms. The summed E-state index contributed by atoms with van der Waals surface area (Å²) in [5, 5.41) is 0. The van der Waals surface area contributed by atoms with Gasteiger partial charge in [-0.15, -0.1) is 0 Å². The Labute approximate surface area is 92.7 Å². The fraction of sp³-hybridized carbons (Fsp3) is 0.182. The number of methoxy groups -OCH3 is 1. The second kappa shape index (κ2) is 4.57. The number of ether oxygens (including phenoxy) is 1. The van der Waals surface area contributed by atoms with Crippen LogP contribution in [0.25, 0.3) is 0 Å². The van der Waals surface area contributed by atoms with E-state index in [1.54, 1.807) is 24.7 Å². The minimum absolute atomic E-state index is 0.373. The molecule has 0 unspecified atom stereocenters. The van der Waals surface area contributed by atoms with Gasteiger partial charge in [0.05, 0.1) is 31.2 Å². The summed E-state index contributed by atoms with van der Waals surface area (Å²) in [6.07, 6.45) is 6.80. The summed E-state index contributed by atoms with van der Waals surface area (Å²) in [4.78, 5) is 19.3. The zero-order valence-corrected chi connectivity index (χ0v) is 8.83. The van der Waals surface area contributed by atoms with Gasteiger partial charge >= 0.3 is 5.97 Å². The molecular weight excluding hydrogens is 206 g/mol. The molecule has 0 N–H and O–H groups in total. The Hall–Kier alpha value is -2.17. The van der Waals surface area contributed by atoms with Gasteiger partial charge in [-0.05, 0) is 12.1 Å². The minimum atomic E-state index is -0.373. The van der Waals surface area contributed by atoms with Crippen molar-refractivity contribution in [2.45, 2.75) is 6.54 Å². The van der Waals surface area contributed by atoms with Gasteiger partial charge in [0, 0.05) is 18.6 Å². The predicted molar refractivity (Wildman–Crippen MR) is 56.9 cm³/mol. The summed E-state index contributed by atoms with van der Waals surface area (Å²) < 4.78 is 6.49. The summed E-state index contributed by atoms with van der Waals surface area (Å²) in [6, 6.07) is 3.50. The number of pyridine rings is 1. The van der Waals surface area contributed by atoms with Crippen LogP contribution in [0.4, 0.5) is 0 Å². The van der Waals surface area contributed by atoms with Crippen molar-refractivity contribution in [1.82, 2.24) is 14.5 Å². The summed E-state index contributed by atoms with van der Waals surface area (Å²) >= 11 is 0. The van der Waals surface area contributed by atoms with Crippen molar-refractivity contribution < 1.29 is 9.53 Å². The molecule has 0 aliphatic carbocycles. The first-order valence-electron chi connectivity index (χ1n) is 4.78. The number of hydrogen-bond donors (Lipinski definition) is 0. The minimum Gasteiger partial charge on any atom is -0.465 e. The third kappa shape index (κ3) is 2.25. The Morgan fingerprint density at radius 1 is 1.50 bits per heavy atom. The smallest absolute Gasteiger partial charge is 0.339 e. The van der Waals surface area contributed by atoms with Crippen LogP contribution in [0.15, 0.2) is 37.1 Å². The van der Waals surface area contributed by atoms with Crippen LogP contribution in [0.5, 0.6) is 0 Å². The molecule has 0 saturated heterocycles. The highest BCUT2D eigenvalue weighted by Crippen LogP contribution is 2.03. The second-order valence-electron chi connectivity index (χ2n) is 3.26. The molecule has 2 heterocycles. The van der Waals surface area contributed by atoms with Gasteiger partial charge in [0.25, 0.3) is 0 Å². The highest BCUT2D eigenvalue weighted by atomic mass is 16.5. The van der Waals surface area contributed by atoms with E-state index in [0.717, 1.165) is 5.69 Å². The average molecular weight is 217 g/mol. The number of carbonyl (C=O) groups is 1. The average Bonchev–Trinajstić information content (AvgIpc) is 2.82. The molecule has 2 aromatic heterocycles. The van der Waals surface area contributed by atoms with Gasteiger partial charge in [-0.3, -0.25) is 4.98 Å². The van der Waals surface area contributed by atoms with E-state index in [4.69, 9.17) is 0 Å². The van der Waals surface area contributed by atoms with E-state index in [0.29, 0.717) is 12.1 Å². The molecule has 0 amide bonds. The van der Waals surface area contributed by atoms with Crippen LogP contribution in [0.3, 0.4) is 0 Å². The second-order valence-corrected chi connectivity index (χ2v) is 3.26. The Kier molecular flexibility index (Phi) is 2.95. The predicted octanol–water partition coefficient (Wildman–Crippen LogP) is 1.11. The monoisotopic (exact) mass is 217 g/mol. The number of imidazole rings is 1. The third-order valence-electron chi connectivity index (χ3n) is 2.15. The van der Waals surface area contributed by atoms with Crippen LogP contribution in [0, 0.1) is 0 Å². The number of aromatic nitrogens is 3. The van der Waals surface area contributed by atoms with Crippen LogP contribution in [0.1, 0.15) is 16.1 Å². The lowest BCUT2D eigenvalue weighted by molar-refractivity contribution is 0.0600. The molecule has 16 heavy (non-hydrogen) atoms. The highest BCUT2D eigenvalue weighted by molar-refractivity contribution is 5.88. The number of carbonyl (C=O) groups excluding carboxylic acids is 1. The Bertz CT molecular complexity index is 462. The third-order valence-corrected chi connectivity index (χ3v) is 2.15. The van der Waals surface area contributed by atoms with Gasteiger partial charge < -0.3 is 9.30 Å². The standard InChI is InChI=1S/C11H11N3O2/c1-16-11(15)9-2-3-10(13-6-9)7-14-5-4-12-8-14/h2-6,8H,7H2,1H3. The lowest BCUT2D eigenvalue weighted by Crippen LogP contribution is -2.04. The molecule has 0 radical (unpaired) electrons. The molecule has 0 aliphatic heterocycles. The van der Waals surface area contributed by atoms with Gasteiger partial charge in [0.15, 0.2) is 0 Å². The quantitative estimate of drug-likeness (QED) is 0.723. The van der Waals surface area contributed by atoms with E-state index >= 15 is 0 Å². The maximum absolute atomic E-state index is 11.2. The van der Waals surface area contributed by atoms with Crippen LogP contribution in [-0.2, 0) is 11.3 Å². The van der Waals surface area contributed by atoms with Crippen molar-refractivity contribution in [2.24, 2.45) is 0 Å². The van der Waals surface area contributed by atoms with Crippen molar-refractivity contribution in [3.63, 3.8) is 0 Å². The molecule has 0 saturated carbocycles. The van der Waals surface area contributed by atoms with E-state index in [1.807, 2.05) is 10.8 Å². The first kappa shape index (κ1) is 10.4. The van der Waals surface area contributed by atoms with E-state index in [-0.39, 0.29) is 5.97 Å². The first-order chi connectivity index (χ1) is 7.79. The van der Waals surface area contributed by atoms with Gasteiger partial charge in [0.2, 0.25) is 0 Å².